The first-order chi connectivity index (χ1) is 10.3. The number of nitrogens with one attached hydrogen (secondary N) is 1. The molecular formula is C15H10ClN3O2. The molecule has 0 saturated heterocycles. The fourth-order valence-corrected chi connectivity index (χ4v) is 2.00. The number of aromatic nitrogens is 1. The minimum atomic E-state index is -0.579. The molecule has 104 valence electrons. The van der Waals surface area contributed by atoms with Crippen molar-refractivity contribution >= 4 is 23.0 Å². The predicted octanol–water partition coefficient (Wildman–Crippen LogP) is 4.70. The van der Waals surface area contributed by atoms with Crippen molar-refractivity contribution in [2.24, 2.45) is 10.2 Å². The Kier molecular flexibility index (Phi) is 3.66. The molecule has 0 saturated carbocycles. The predicted molar refractivity (Wildman–Crippen MR) is 80.4 cm³/mol. The summed E-state index contributed by atoms with van der Waals surface area (Å²) in [5, 5.41) is 11.0. The second kappa shape index (κ2) is 5.76. The highest BCUT2D eigenvalue weighted by Crippen LogP contribution is 2.29. The van der Waals surface area contributed by atoms with Gasteiger partial charge in [0.25, 0.3) is 0 Å². The van der Waals surface area contributed by atoms with E-state index < -0.39 is 5.63 Å². The van der Waals surface area contributed by atoms with Gasteiger partial charge in [0.1, 0.15) is 11.4 Å². The molecule has 0 radical (unpaired) electrons. The molecule has 3 rings (SSSR count). The van der Waals surface area contributed by atoms with Gasteiger partial charge in [0.2, 0.25) is 0 Å². The summed E-state index contributed by atoms with van der Waals surface area (Å²) in [5.41, 5.74) is 1.29. The third-order valence-corrected chi connectivity index (χ3v) is 3.17. The van der Waals surface area contributed by atoms with Crippen LogP contribution in [0.1, 0.15) is 0 Å². The van der Waals surface area contributed by atoms with Crippen LogP contribution in [-0.4, -0.2) is 5.16 Å². The molecule has 1 N–H and O–H groups in total. The van der Waals surface area contributed by atoms with E-state index in [0.29, 0.717) is 16.4 Å². The van der Waals surface area contributed by atoms with E-state index in [1.165, 1.54) is 0 Å². The van der Waals surface area contributed by atoms with Gasteiger partial charge in [0.05, 0.1) is 5.02 Å². The van der Waals surface area contributed by atoms with Gasteiger partial charge >= 0.3 is 5.63 Å². The Morgan fingerprint density at radius 2 is 1.67 bits per heavy atom. The molecule has 0 atom stereocenters. The minimum Gasteiger partial charge on any atom is -0.336 e. The number of hydrogen-bond acceptors (Lipinski definition) is 4. The summed E-state index contributed by atoms with van der Waals surface area (Å²) in [4.78, 5) is 11.7. The molecule has 0 unspecified atom stereocenters. The summed E-state index contributed by atoms with van der Waals surface area (Å²) in [6, 6.07) is 16.3. The van der Waals surface area contributed by atoms with E-state index in [-0.39, 0.29) is 5.69 Å². The molecule has 2 aromatic carbocycles. The number of benzene rings is 2. The van der Waals surface area contributed by atoms with Crippen molar-refractivity contribution in [3.63, 3.8) is 0 Å². The number of H-pyrrole nitrogens is 1. The van der Waals surface area contributed by atoms with Crippen LogP contribution in [-0.2, 0) is 0 Å². The Morgan fingerprint density at radius 3 is 2.43 bits per heavy atom. The van der Waals surface area contributed by atoms with Crippen molar-refractivity contribution in [2.75, 3.05) is 0 Å². The lowest BCUT2D eigenvalue weighted by molar-refractivity contribution is 0.394. The SMILES string of the molecule is O=c1o[nH]c(-c2ccccc2)c1N=Nc1ccccc1Cl. The first-order valence-corrected chi connectivity index (χ1v) is 6.56. The van der Waals surface area contributed by atoms with E-state index in [9.17, 15) is 4.79 Å². The van der Waals surface area contributed by atoms with Gasteiger partial charge < -0.3 is 4.52 Å². The first kappa shape index (κ1) is 13.3. The number of hydrogen-bond donors (Lipinski definition) is 1. The third kappa shape index (κ3) is 2.78. The van der Waals surface area contributed by atoms with Crippen LogP contribution < -0.4 is 5.63 Å². The molecule has 0 aliphatic rings. The number of nitrogens with zero attached hydrogens (tertiary/aromatic N) is 2. The quantitative estimate of drug-likeness (QED) is 0.712. The van der Waals surface area contributed by atoms with Gasteiger partial charge in [-0.2, -0.15) is 0 Å². The molecule has 1 aromatic heterocycles. The van der Waals surface area contributed by atoms with Crippen molar-refractivity contribution in [3.8, 4) is 11.3 Å². The number of azo groups is 1. The zero-order valence-corrected chi connectivity index (χ0v) is 11.5. The Bertz CT molecular complexity index is 837. The Morgan fingerprint density at radius 1 is 0.952 bits per heavy atom. The first-order valence-electron chi connectivity index (χ1n) is 6.19. The van der Waals surface area contributed by atoms with Crippen LogP contribution in [0.15, 0.2) is 74.1 Å². The normalized spacial score (nSPS) is 11.1. The maximum absolute atomic E-state index is 11.7. The molecule has 0 spiro atoms. The van der Waals surface area contributed by atoms with E-state index in [4.69, 9.17) is 16.1 Å². The number of aromatic amines is 1. The van der Waals surface area contributed by atoms with Crippen molar-refractivity contribution < 1.29 is 4.52 Å². The number of halogens is 1. The topological polar surface area (TPSA) is 70.7 Å². The second-order valence-electron chi connectivity index (χ2n) is 4.23. The zero-order chi connectivity index (χ0) is 14.7. The van der Waals surface area contributed by atoms with Crippen LogP contribution in [0.5, 0.6) is 0 Å². The van der Waals surface area contributed by atoms with Crippen LogP contribution in [0, 0.1) is 0 Å². The van der Waals surface area contributed by atoms with Crippen LogP contribution >= 0.6 is 11.6 Å². The lowest BCUT2D eigenvalue weighted by Gasteiger charge is -1.97. The molecule has 0 aliphatic heterocycles. The van der Waals surface area contributed by atoms with Crippen molar-refractivity contribution in [2.45, 2.75) is 0 Å². The fourth-order valence-electron chi connectivity index (χ4n) is 1.82. The van der Waals surface area contributed by atoms with Crippen molar-refractivity contribution in [1.82, 2.24) is 5.16 Å². The Labute approximate surface area is 124 Å². The number of rotatable bonds is 3. The summed E-state index contributed by atoms with van der Waals surface area (Å²) in [6.45, 7) is 0. The zero-order valence-electron chi connectivity index (χ0n) is 10.8. The van der Waals surface area contributed by atoms with Gasteiger partial charge in [-0.1, -0.05) is 54.1 Å². The molecule has 6 heteroatoms. The standard InChI is InChI=1S/C15H10ClN3O2/c16-11-8-4-5-9-12(11)17-18-14-13(19-21-15(14)20)10-6-2-1-3-7-10/h1-9,19H. The molecule has 5 nitrogen and oxygen atoms in total. The average molecular weight is 300 g/mol. The second-order valence-corrected chi connectivity index (χ2v) is 4.64. The van der Waals surface area contributed by atoms with Crippen molar-refractivity contribution in [1.29, 1.82) is 0 Å². The summed E-state index contributed by atoms with van der Waals surface area (Å²) >= 11 is 6.00. The molecular weight excluding hydrogens is 290 g/mol. The maximum Gasteiger partial charge on any atom is 0.385 e. The lowest BCUT2D eigenvalue weighted by atomic mass is 10.1. The van der Waals surface area contributed by atoms with Gasteiger partial charge in [0, 0.05) is 5.56 Å². The molecule has 0 amide bonds. The molecule has 0 fully saturated rings. The van der Waals surface area contributed by atoms with Crippen molar-refractivity contribution in [3.05, 3.63) is 70.0 Å². The Hall–Kier alpha value is -2.66. The highest BCUT2D eigenvalue weighted by molar-refractivity contribution is 6.32. The molecule has 0 bridgehead atoms. The average Bonchev–Trinajstić information content (AvgIpc) is 2.88. The smallest absolute Gasteiger partial charge is 0.336 e. The van der Waals surface area contributed by atoms with E-state index in [2.05, 4.69) is 15.4 Å². The summed E-state index contributed by atoms with van der Waals surface area (Å²) in [5.74, 6) is 0. The molecule has 1 heterocycles. The van der Waals surface area contributed by atoms with Crippen LogP contribution in [0.4, 0.5) is 11.4 Å². The summed E-state index contributed by atoms with van der Waals surface area (Å²) < 4.78 is 4.80. The van der Waals surface area contributed by atoms with Gasteiger partial charge in [-0.15, -0.1) is 10.2 Å². The molecule has 0 aliphatic carbocycles. The van der Waals surface area contributed by atoms with E-state index >= 15 is 0 Å². The highest BCUT2D eigenvalue weighted by atomic mass is 35.5. The highest BCUT2D eigenvalue weighted by Gasteiger charge is 2.13. The van der Waals surface area contributed by atoms with E-state index in [1.807, 2.05) is 30.3 Å². The molecule has 3 aromatic rings. The third-order valence-electron chi connectivity index (χ3n) is 2.85. The summed E-state index contributed by atoms with van der Waals surface area (Å²) in [7, 11) is 0. The molecule has 21 heavy (non-hydrogen) atoms. The lowest BCUT2D eigenvalue weighted by Crippen LogP contribution is -1.90. The van der Waals surface area contributed by atoms with E-state index in [0.717, 1.165) is 5.56 Å². The van der Waals surface area contributed by atoms with Crippen LogP contribution in [0.2, 0.25) is 5.02 Å². The van der Waals surface area contributed by atoms with Crippen LogP contribution in [0.25, 0.3) is 11.3 Å². The maximum atomic E-state index is 11.7. The summed E-state index contributed by atoms with van der Waals surface area (Å²) in [6.07, 6.45) is 0. The Balaban J connectivity index is 2.02. The van der Waals surface area contributed by atoms with Gasteiger partial charge in [-0.25, -0.2) is 9.95 Å². The minimum absolute atomic E-state index is 0.112. The van der Waals surface area contributed by atoms with Gasteiger partial charge in [0.15, 0.2) is 5.69 Å². The van der Waals surface area contributed by atoms with Crippen LogP contribution in [0.3, 0.4) is 0 Å². The largest absolute Gasteiger partial charge is 0.385 e. The fraction of sp³-hybridized carbons (Fsp3) is 0. The monoisotopic (exact) mass is 299 g/mol. The van der Waals surface area contributed by atoms with Gasteiger partial charge in [-0.3, -0.25) is 0 Å². The van der Waals surface area contributed by atoms with E-state index in [1.54, 1.807) is 24.3 Å². The van der Waals surface area contributed by atoms with Gasteiger partial charge in [-0.05, 0) is 12.1 Å².